The summed E-state index contributed by atoms with van der Waals surface area (Å²) in [6.45, 7) is 1.29. The molecule has 1 unspecified atom stereocenters. The number of carbonyl (C=O) groups is 2. The molecular weight excluding hydrogens is 383 g/mol. The normalized spacial score (nSPS) is 13.6. The second-order valence-corrected chi connectivity index (χ2v) is 6.87. The van der Waals surface area contributed by atoms with Gasteiger partial charge in [-0.15, -0.1) is 0 Å². The van der Waals surface area contributed by atoms with Crippen molar-refractivity contribution in [2.45, 2.75) is 17.9 Å². The predicted octanol–water partition coefficient (Wildman–Crippen LogP) is 2.70. The van der Waals surface area contributed by atoms with Crippen molar-refractivity contribution in [3.8, 4) is 12.1 Å². The zero-order chi connectivity index (χ0) is 20.3. The van der Waals surface area contributed by atoms with E-state index in [0.717, 1.165) is 22.3 Å². The van der Waals surface area contributed by atoms with Crippen molar-refractivity contribution < 1.29 is 14.0 Å². The fourth-order valence-electron chi connectivity index (χ4n) is 2.60. The van der Waals surface area contributed by atoms with Gasteiger partial charge in [-0.1, -0.05) is 6.07 Å². The SMILES string of the molecule is CC(NC(=O)CN1Sc2c(ccnc2C#N)NC1=O)c1ccc(C#N)cc1F. The molecule has 1 aliphatic rings. The number of hydrogen-bond donors (Lipinski definition) is 2. The van der Waals surface area contributed by atoms with Crippen LogP contribution < -0.4 is 10.6 Å². The molecule has 2 N–H and O–H groups in total. The molecular formula is C18H13FN6O2S. The molecule has 0 spiro atoms. The van der Waals surface area contributed by atoms with E-state index < -0.39 is 23.8 Å². The van der Waals surface area contributed by atoms with E-state index in [-0.39, 0.29) is 23.4 Å². The van der Waals surface area contributed by atoms with Crippen LogP contribution in [0.25, 0.3) is 0 Å². The summed E-state index contributed by atoms with van der Waals surface area (Å²) in [5.74, 6) is -1.11. The Hall–Kier alpha value is -3.63. The first-order valence-electron chi connectivity index (χ1n) is 8.07. The first kappa shape index (κ1) is 19.1. The van der Waals surface area contributed by atoms with Gasteiger partial charge in [-0.3, -0.25) is 9.10 Å². The van der Waals surface area contributed by atoms with Crippen LogP contribution in [0.15, 0.2) is 35.4 Å². The Morgan fingerprint density at radius 3 is 2.86 bits per heavy atom. The maximum Gasteiger partial charge on any atom is 0.332 e. The highest BCUT2D eigenvalue weighted by Gasteiger charge is 2.28. The van der Waals surface area contributed by atoms with E-state index >= 15 is 0 Å². The summed E-state index contributed by atoms with van der Waals surface area (Å²) in [4.78, 5) is 28.9. The summed E-state index contributed by atoms with van der Waals surface area (Å²) in [5.41, 5.74) is 0.998. The lowest BCUT2D eigenvalue weighted by atomic mass is 10.1. The van der Waals surface area contributed by atoms with Crippen LogP contribution in [0.2, 0.25) is 0 Å². The minimum atomic E-state index is -0.665. The average Bonchev–Trinajstić information content (AvgIpc) is 2.67. The van der Waals surface area contributed by atoms with Crippen molar-refractivity contribution in [2.24, 2.45) is 0 Å². The van der Waals surface area contributed by atoms with E-state index in [2.05, 4.69) is 15.6 Å². The van der Waals surface area contributed by atoms with Crippen LogP contribution in [0.5, 0.6) is 0 Å². The van der Waals surface area contributed by atoms with Gasteiger partial charge in [0.05, 0.1) is 28.3 Å². The Morgan fingerprint density at radius 2 is 2.18 bits per heavy atom. The van der Waals surface area contributed by atoms with Crippen molar-refractivity contribution >= 4 is 29.6 Å². The standard InChI is InChI=1S/C18H13FN6O2S/c1-10(12-3-2-11(7-20)6-13(12)19)23-16(26)9-25-18(27)24-14-4-5-22-15(8-21)17(14)28-25/h2-6,10H,9H2,1H3,(H,23,26)(H,24,27). The lowest BCUT2D eigenvalue weighted by molar-refractivity contribution is -0.121. The number of nitrogens with one attached hydrogen (secondary N) is 2. The minimum absolute atomic E-state index is 0.140. The van der Waals surface area contributed by atoms with Crippen LogP contribution in [0, 0.1) is 28.5 Å². The first-order valence-corrected chi connectivity index (χ1v) is 8.84. The first-order chi connectivity index (χ1) is 13.4. The maximum absolute atomic E-state index is 14.1. The highest BCUT2D eigenvalue weighted by Crippen LogP contribution is 2.36. The summed E-state index contributed by atoms with van der Waals surface area (Å²) in [5, 5.41) is 23.2. The molecule has 28 heavy (non-hydrogen) atoms. The number of nitriles is 2. The van der Waals surface area contributed by atoms with Gasteiger partial charge in [-0.25, -0.2) is 14.2 Å². The molecule has 1 aromatic heterocycles. The topological polar surface area (TPSA) is 122 Å². The van der Waals surface area contributed by atoms with Gasteiger partial charge < -0.3 is 10.6 Å². The number of anilines is 1. The third-order valence-corrected chi connectivity index (χ3v) is 5.05. The number of urea groups is 1. The Balaban J connectivity index is 1.69. The molecule has 0 radical (unpaired) electrons. The van der Waals surface area contributed by atoms with Gasteiger partial charge in [0.2, 0.25) is 5.91 Å². The molecule has 0 fully saturated rings. The summed E-state index contributed by atoms with van der Waals surface area (Å²) >= 11 is 0.941. The van der Waals surface area contributed by atoms with Gasteiger partial charge in [0.15, 0.2) is 5.69 Å². The molecule has 3 amide bonds. The van der Waals surface area contributed by atoms with Gasteiger partial charge in [-0.2, -0.15) is 10.5 Å². The zero-order valence-corrected chi connectivity index (χ0v) is 15.4. The monoisotopic (exact) mass is 396 g/mol. The molecule has 0 saturated heterocycles. The van der Waals surface area contributed by atoms with Gasteiger partial charge in [0.25, 0.3) is 0 Å². The number of fused-ring (bicyclic) bond motifs is 1. The van der Waals surface area contributed by atoms with Crippen molar-refractivity contribution in [3.05, 3.63) is 53.1 Å². The van der Waals surface area contributed by atoms with E-state index in [0.29, 0.717) is 10.6 Å². The van der Waals surface area contributed by atoms with E-state index in [9.17, 15) is 14.0 Å². The molecule has 0 aliphatic carbocycles. The molecule has 1 atom stereocenters. The average molecular weight is 396 g/mol. The summed E-state index contributed by atoms with van der Waals surface area (Å²) < 4.78 is 15.2. The van der Waals surface area contributed by atoms with Gasteiger partial charge in [0.1, 0.15) is 18.4 Å². The second kappa shape index (κ2) is 7.94. The second-order valence-electron chi connectivity index (χ2n) is 5.84. The third kappa shape index (κ3) is 3.87. The maximum atomic E-state index is 14.1. The molecule has 0 bridgehead atoms. The Kier molecular flexibility index (Phi) is 5.43. The molecule has 0 saturated carbocycles. The summed E-state index contributed by atoms with van der Waals surface area (Å²) in [6, 6.07) is 8.15. The van der Waals surface area contributed by atoms with Crippen molar-refractivity contribution in [1.82, 2.24) is 14.6 Å². The quantitative estimate of drug-likeness (QED) is 0.766. The Labute approximate surface area is 164 Å². The van der Waals surface area contributed by atoms with Crippen molar-refractivity contribution in [1.29, 1.82) is 10.5 Å². The highest BCUT2D eigenvalue weighted by molar-refractivity contribution is 7.97. The predicted molar refractivity (Wildman–Crippen MR) is 98.2 cm³/mol. The highest BCUT2D eigenvalue weighted by atomic mass is 32.2. The number of carbonyl (C=O) groups excluding carboxylic acids is 2. The molecule has 140 valence electrons. The van der Waals surface area contributed by atoms with Crippen LogP contribution in [-0.2, 0) is 4.79 Å². The fourth-order valence-corrected chi connectivity index (χ4v) is 3.53. The van der Waals surface area contributed by atoms with Crippen LogP contribution >= 0.6 is 11.9 Å². The van der Waals surface area contributed by atoms with E-state index in [1.54, 1.807) is 13.0 Å². The molecule has 8 nitrogen and oxygen atoms in total. The summed E-state index contributed by atoms with van der Waals surface area (Å²) in [6.07, 6.45) is 1.41. The van der Waals surface area contributed by atoms with Crippen LogP contribution in [0.1, 0.15) is 29.8 Å². The minimum Gasteiger partial charge on any atom is -0.348 e. The number of amides is 3. The lowest BCUT2D eigenvalue weighted by Crippen LogP contribution is -2.41. The largest absolute Gasteiger partial charge is 0.348 e. The molecule has 3 rings (SSSR count). The number of halogens is 1. The molecule has 1 aromatic carbocycles. The molecule has 10 heteroatoms. The van der Waals surface area contributed by atoms with Crippen LogP contribution in [-0.4, -0.2) is 27.8 Å². The lowest BCUT2D eigenvalue weighted by Gasteiger charge is -2.28. The zero-order valence-electron chi connectivity index (χ0n) is 14.6. The fraction of sp³-hybridized carbons (Fsp3) is 0.167. The van der Waals surface area contributed by atoms with Gasteiger partial charge in [-0.05, 0) is 37.1 Å². The van der Waals surface area contributed by atoms with Crippen molar-refractivity contribution in [3.63, 3.8) is 0 Å². The number of nitrogens with zero attached hydrogens (tertiary/aromatic N) is 4. The number of hydrogen-bond acceptors (Lipinski definition) is 6. The molecule has 2 aromatic rings. The molecule has 1 aliphatic heterocycles. The van der Waals surface area contributed by atoms with Gasteiger partial charge >= 0.3 is 6.03 Å². The van der Waals surface area contributed by atoms with Crippen molar-refractivity contribution in [2.75, 3.05) is 11.9 Å². The van der Waals surface area contributed by atoms with Crippen LogP contribution in [0.4, 0.5) is 14.9 Å². The smallest absolute Gasteiger partial charge is 0.332 e. The Morgan fingerprint density at radius 1 is 1.39 bits per heavy atom. The van der Waals surface area contributed by atoms with E-state index in [1.165, 1.54) is 18.3 Å². The number of benzene rings is 1. The van der Waals surface area contributed by atoms with Crippen LogP contribution in [0.3, 0.4) is 0 Å². The number of rotatable bonds is 4. The Bertz CT molecular complexity index is 1050. The third-order valence-electron chi connectivity index (χ3n) is 3.94. The molecule has 2 heterocycles. The van der Waals surface area contributed by atoms with E-state index in [1.807, 2.05) is 12.1 Å². The van der Waals surface area contributed by atoms with E-state index in [4.69, 9.17) is 10.5 Å². The van der Waals surface area contributed by atoms with Gasteiger partial charge in [0, 0.05) is 11.8 Å². The number of aromatic nitrogens is 1. The summed E-state index contributed by atoms with van der Waals surface area (Å²) in [7, 11) is 0. The number of pyridine rings is 1.